The minimum Gasteiger partial charge on any atom is -0.393 e. The van der Waals surface area contributed by atoms with Gasteiger partial charge in [-0.15, -0.1) is 0 Å². The Labute approximate surface area is 165 Å². The maximum atomic E-state index is 9.92. The summed E-state index contributed by atoms with van der Waals surface area (Å²) < 4.78 is 0. The first kappa shape index (κ1) is 21.1. The molecule has 3 aliphatic rings. The van der Waals surface area contributed by atoms with Crippen molar-refractivity contribution in [1.29, 1.82) is 0 Å². The van der Waals surface area contributed by atoms with E-state index in [2.05, 4.69) is 12.2 Å². The molecule has 0 aliphatic heterocycles. The quantitative estimate of drug-likeness (QED) is 0.629. The zero-order chi connectivity index (χ0) is 19.5. The van der Waals surface area contributed by atoms with Gasteiger partial charge >= 0.3 is 0 Å². The summed E-state index contributed by atoms with van der Waals surface area (Å²) in [5.41, 5.74) is 2.77. The lowest BCUT2D eigenvalue weighted by Gasteiger charge is -2.35. The Morgan fingerprint density at radius 3 is 2.48 bits per heavy atom. The van der Waals surface area contributed by atoms with Crippen molar-refractivity contribution in [3.8, 4) is 0 Å². The molecule has 3 aliphatic carbocycles. The zero-order valence-corrected chi connectivity index (χ0v) is 17.4. The Morgan fingerprint density at radius 1 is 1.07 bits per heavy atom. The fourth-order valence-electron chi connectivity index (χ4n) is 5.82. The molecule has 0 unspecified atom stereocenters. The van der Waals surface area contributed by atoms with Crippen LogP contribution in [0.4, 0.5) is 0 Å². The van der Waals surface area contributed by atoms with Crippen molar-refractivity contribution in [2.45, 2.75) is 115 Å². The highest BCUT2D eigenvalue weighted by atomic mass is 16.3. The molecule has 0 aromatic carbocycles. The van der Waals surface area contributed by atoms with Crippen LogP contribution in [0.1, 0.15) is 97.3 Å². The first-order valence-corrected chi connectivity index (χ1v) is 11.2. The van der Waals surface area contributed by atoms with E-state index >= 15 is 0 Å². The van der Waals surface area contributed by atoms with Crippen LogP contribution in [0.3, 0.4) is 0 Å². The van der Waals surface area contributed by atoms with Gasteiger partial charge in [0.1, 0.15) is 0 Å². The van der Waals surface area contributed by atoms with Gasteiger partial charge in [-0.25, -0.2) is 0 Å². The molecule has 0 radical (unpaired) electrons. The molecule has 0 bridgehead atoms. The maximum absolute atomic E-state index is 9.92. The van der Waals surface area contributed by atoms with Crippen molar-refractivity contribution in [2.75, 3.05) is 0 Å². The lowest BCUT2D eigenvalue weighted by atomic mass is 9.70. The second-order valence-electron chi connectivity index (χ2n) is 10.4. The van der Waals surface area contributed by atoms with Gasteiger partial charge in [-0.2, -0.15) is 0 Å². The summed E-state index contributed by atoms with van der Waals surface area (Å²) in [5, 5.41) is 29.7. The van der Waals surface area contributed by atoms with E-state index in [1.54, 1.807) is 5.57 Å². The molecule has 3 heteroatoms. The minimum absolute atomic E-state index is 0.379. The standard InChI is InChI=1S/C24H40O3/c1-23(2,27)10-3-5-19-9-12-24(17-19)11-4-6-18(16-24)7-8-20-13-21(25)15-22(26)14-20/h7-8,19,21-22,25-27H,3-6,9-17H2,1-2H3/b18-7+/t19-,21+,22+,24-/m0/s1. The van der Waals surface area contributed by atoms with E-state index in [0.717, 1.165) is 31.6 Å². The summed E-state index contributed by atoms with van der Waals surface area (Å²) in [6, 6.07) is 0. The van der Waals surface area contributed by atoms with Gasteiger partial charge in [0.05, 0.1) is 17.8 Å². The molecule has 3 N–H and O–H groups in total. The SMILES string of the molecule is CC(C)(O)CCC[C@H]1CC[C@]2(CCC/C(=C\C=C3C[C@@H](O)C[C@H](O)C3)C2)C1. The third kappa shape index (κ3) is 6.44. The van der Waals surface area contributed by atoms with Crippen LogP contribution < -0.4 is 0 Å². The van der Waals surface area contributed by atoms with Crippen molar-refractivity contribution in [3.05, 3.63) is 23.3 Å². The van der Waals surface area contributed by atoms with E-state index in [4.69, 9.17) is 0 Å². The Bertz CT molecular complexity index is 544. The van der Waals surface area contributed by atoms with Crippen LogP contribution in [-0.4, -0.2) is 33.1 Å². The van der Waals surface area contributed by atoms with Crippen molar-refractivity contribution in [2.24, 2.45) is 11.3 Å². The zero-order valence-electron chi connectivity index (χ0n) is 17.4. The molecule has 4 atom stereocenters. The fraction of sp³-hybridized carbons (Fsp3) is 0.833. The average molecular weight is 377 g/mol. The number of rotatable bonds is 5. The van der Waals surface area contributed by atoms with E-state index in [1.807, 2.05) is 13.8 Å². The maximum Gasteiger partial charge on any atom is 0.0602 e. The van der Waals surface area contributed by atoms with Crippen LogP contribution in [0.25, 0.3) is 0 Å². The predicted octanol–water partition coefficient (Wildman–Crippen LogP) is 5.05. The predicted molar refractivity (Wildman–Crippen MR) is 110 cm³/mol. The highest BCUT2D eigenvalue weighted by Crippen LogP contribution is 2.53. The van der Waals surface area contributed by atoms with Gasteiger partial charge in [0.25, 0.3) is 0 Å². The fourth-order valence-corrected chi connectivity index (χ4v) is 5.82. The molecule has 0 aromatic rings. The largest absolute Gasteiger partial charge is 0.393 e. The molecule has 154 valence electrons. The molecule has 3 rings (SSSR count). The third-order valence-corrected chi connectivity index (χ3v) is 7.11. The summed E-state index contributed by atoms with van der Waals surface area (Å²) in [6.45, 7) is 3.83. The molecule has 3 saturated carbocycles. The summed E-state index contributed by atoms with van der Waals surface area (Å²) in [7, 11) is 0. The van der Waals surface area contributed by atoms with Gasteiger partial charge in [0, 0.05) is 0 Å². The summed E-state index contributed by atoms with van der Waals surface area (Å²) in [5.74, 6) is 0.841. The average Bonchev–Trinajstić information content (AvgIpc) is 2.93. The van der Waals surface area contributed by atoms with E-state index < -0.39 is 5.60 Å². The van der Waals surface area contributed by atoms with Gasteiger partial charge in [-0.05, 0) is 95.8 Å². The number of hydrogen-bond acceptors (Lipinski definition) is 3. The van der Waals surface area contributed by atoms with Crippen LogP contribution in [0.15, 0.2) is 23.3 Å². The Balaban J connectivity index is 1.53. The molecular weight excluding hydrogens is 336 g/mol. The summed E-state index contributed by atoms with van der Waals surface area (Å²) in [6.07, 6.45) is 18.2. The van der Waals surface area contributed by atoms with E-state index in [9.17, 15) is 15.3 Å². The second-order valence-corrected chi connectivity index (χ2v) is 10.4. The van der Waals surface area contributed by atoms with E-state index in [1.165, 1.54) is 56.9 Å². The Kier molecular flexibility index (Phi) is 6.87. The van der Waals surface area contributed by atoms with Crippen molar-refractivity contribution >= 4 is 0 Å². The summed E-state index contributed by atoms with van der Waals surface area (Å²) in [4.78, 5) is 0. The monoisotopic (exact) mass is 376 g/mol. The topological polar surface area (TPSA) is 60.7 Å². The van der Waals surface area contributed by atoms with Crippen molar-refractivity contribution in [1.82, 2.24) is 0 Å². The first-order valence-electron chi connectivity index (χ1n) is 11.2. The third-order valence-electron chi connectivity index (χ3n) is 7.11. The number of allylic oxidation sites excluding steroid dienone is 3. The smallest absolute Gasteiger partial charge is 0.0602 e. The van der Waals surface area contributed by atoms with Crippen LogP contribution >= 0.6 is 0 Å². The van der Waals surface area contributed by atoms with Crippen molar-refractivity contribution < 1.29 is 15.3 Å². The second kappa shape index (κ2) is 8.80. The van der Waals surface area contributed by atoms with Gasteiger partial charge < -0.3 is 15.3 Å². The Morgan fingerprint density at radius 2 is 1.78 bits per heavy atom. The highest BCUT2D eigenvalue weighted by molar-refractivity contribution is 5.22. The first-order chi connectivity index (χ1) is 12.7. The van der Waals surface area contributed by atoms with Gasteiger partial charge in [0.15, 0.2) is 0 Å². The molecule has 0 aromatic heterocycles. The summed E-state index contributed by atoms with van der Waals surface area (Å²) >= 11 is 0. The molecule has 3 fully saturated rings. The highest BCUT2D eigenvalue weighted by Gasteiger charge is 2.40. The van der Waals surface area contributed by atoms with Gasteiger partial charge in [-0.3, -0.25) is 0 Å². The molecule has 0 saturated heterocycles. The number of aliphatic hydroxyl groups excluding tert-OH is 2. The molecule has 27 heavy (non-hydrogen) atoms. The number of aliphatic hydroxyl groups is 3. The molecule has 3 nitrogen and oxygen atoms in total. The lowest BCUT2D eigenvalue weighted by Crippen LogP contribution is -2.24. The molecular formula is C24H40O3. The molecule has 0 heterocycles. The lowest BCUT2D eigenvalue weighted by molar-refractivity contribution is 0.0608. The van der Waals surface area contributed by atoms with Crippen LogP contribution in [-0.2, 0) is 0 Å². The van der Waals surface area contributed by atoms with E-state index in [0.29, 0.717) is 11.8 Å². The normalized spacial score (nSPS) is 36.6. The van der Waals surface area contributed by atoms with Crippen molar-refractivity contribution in [3.63, 3.8) is 0 Å². The minimum atomic E-state index is -0.523. The van der Waals surface area contributed by atoms with Gasteiger partial charge in [0.2, 0.25) is 0 Å². The number of hydrogen-bond donors (Lipinski definition) is 3. The molecule has 1 spiro atoms. The van der Waals surface area contributed by atoms with Crippen LogP contribution in [0, 0.1) is 11.3 Å². The molecule has 0 amide bonds. The van der Waals surface area contributed by atoms with Gasteiger partial charge in [-0.1, -0.05) is 36.1 Å². The van der Waals surface area contributed by atoms with E-state index in [-0.39, 0.29) is 12.2 Å². The van der Waals surface area contributed by atoms with Crippen LogP contribution in [0.2, 0.25) is 0 Å². The Hall–Kier alpha value is -0.640. The van der Waals surface area contributed by atoms with Crippen LogP contribution in [0.5, 0.6) is 0 Å².